The average molecular weight is 325 g/mol. The Balaban J connectivity index is 2.78. The largest absolute Gasteiger partial charge is 0.462 e. The van der Waals surface area contributed by atoms with Gasteiger partial charge in [-0.3, -0.25) is 10.1 Å². The van der Waals surface area contributed by atoms with Gasteiger partial charge in [-0.05, 0) is 26.3 Å². The number of nitrogens with one attached hydrogen (secondary N) is 3. The van der Waals surface area contributed by atoms with Gasteiger partial charge in [0.15, 0.2) is 6.61 Å². The number of aromatic nitrogens is 1. The summed E-state index contributed by atoms with van der Waals surface area (Å²) >= 11 is 0. The van der Waals surface area contributed by atoms with Gasteiger partial charge in [-0.25, -0.2) is 14.4 Å². The molecule has 0 fully saturated rings. The van der Waals surface area contributed by atoms with E-state index in [0.717, 1.165) is 0 Å². The van der Waals surface area contributed by atoms with E-state index in [0.29, 0.717) is 11.3 Å². The third-order valence-corrected chi connectivity index (χ3v) is 2.94. The topological polar surface area (TPSA) is 127 Å². The Kier molecular flexibility index (Phi) is 6.31. The van der Waals surface area contributed by atoms with Crippen LogP contribution in [-0.4, -0.2) is 49.1 Å². The van der Waals surface area contributed by atoms with Crippen molar-refractivity contribution in [2.75, 3.05) is 20.3 Å². The second-order valence-electron chi connectivity index (χ2n) is 4.55. The quantitative estimate of drug-likeness (QED) is 0.673. The predicted octanol–water partition coefficient (Wildman–Crippen LogP) is 0.421. The van der Waals surface area contributed by atoms with Gasteiger partial charge in [0.25, 0.3) is 5.91 Å². The molecule has 3 amide bonds. The lowest BCUT2D eigenvalue weighted by atomic mass is 10.1. The van der Waals surface area contributed by atoms with Gasteiger partial charge in [0.05, 0.1) is 12.2 Å². The molecule has 0 aromatic carbocycles. The fourth-order valence-corrected chi connectivity index (χ4v) is 1.89. The predicted molar refractivity (Wildman–Crippen MR) is 79.1 cm³/mol. The Morgan fingerprint density at radius 2 is 1.74 bits per heavy atom. The fraction of sp³-hybridized carbons (Fsp3) is 0.429. The minimum Gasteiger partial charge on any atom is -0.462 e. The van der Waals surface area contributed by atoms with E-state index in [-0.39, 0.29) is 17.9 Å². The number of carbonyl (C=O) groups excluding carboxylic acids is 4. The summed E-state index contributed by atoms with van der Waals surface area (Å²) in [7, 11) is 1.34. The number of aryl methyl sites for hydroxylation is 1. The molecule has 0 aliphatic heterocycles. The highest BCUT2D eigenvalue weighted by Gasteiger charge is 2.24. The Morgan fingerprint density at radius 3 is 2.30 bits per heavy atom. The van der Waals surface area contributed by atoms with Gasteiger partial charge in [-0.1, -0.05) is 0 Å². The second-order valence-corrected chi connectivity index (χ2v) is 4.55. The van der Waals surface area contributed by atoms with Gasteiger partial charge in [0.1, 0.15) is 5.69 Å². The van der Waals surface area contributed by atoms with E-state index in [4.69, 9.17) is 9.47 Å². The number of esters is 2. The van der Waals surface area contributed by atoms with Crippen LogP contribution in [0.2, 0.25) is 0 Å². The number of carbonyl (C=O) groups is 4. The maximum atomic E-state index is 12.0. The number of hydrogen-bond acceptors (Lipinski definition) is 6. The molecule has 0 aliphatic carbocycles. The van der Waals surface area contributed by atoms with Crippen LogP contribution in [0.25, 0.3) is 0 Å². The molecule has 0 atom stereocenters. The molecule has 1 rings (SSSR count). The molecular formula is C14H19N3O6. The number of rotatable bonds is 5. The number of imide groups is 1. The van der Waals surface area contributed by atoms with Crippen LogP contribution in [0.4, 0.5) is 4.79 Å². The molecule has 3 N–H and O–H groups in total. The van der Waals surface area contributed by atoms with Crippen molar-refractivity contribution in [2.45, 2.75) is 20.8 Å². The monoisotopic (exact) mass is 325 g/mol. The first-order valence-corrected chi connectivity index (χ1v) is 6.86. The molecule has 23 heavy (non-hydrogen) atoms. The first-order chi connectivity index (χ1) is 10.8. The zero-order valence-electron chi connectivity index (χ0n) is 13.4. The summed E-state index contributed by atoms with van der Waals surface area (Å²) in [5, 5.41) is 4.14. The smallest absolute Gasteiger partial charge is 0.355 e. The number of hydrogen-bond donors (Lipinski definition) is 3. The summed E-state index contributed by atoms with van der Waals surface area (Å²) in [5.74, 6) is -2.13. The molecule has 0 radical (unpaired) electrons. The van der Waals surface area contributed by atoms with Crippen LogP contribution in [0.15, 0.2) is 0 Å². The molecule has 1 heterocycles. The Morgan fingerprint density at radius 1 is 1.09 bits per heavy atom. The third-order valence-electron chi connectivity index (χ3n) is 2.94. The molecule has 0 bridgehead atoms. The molecule has 9 heteroatoms. The fourth-order valence-electron chi connectivity index (χ4n) is 1.89. The number of ether oxygens (including phenoxy) is 2. The SMILES string of the molecule is CCOC(=O)c1c(C)[nH]c(C(=O)OCC(=O)NC(=O)NC)c1C. The minimum atomic E-state index is -0.812. The van der Waals surface area contributed by atoms with E-state index in [1.54, 1.807) is 20.8 Å². The summed E-state index contributed by atoms with van der Waals surface area (Å²) in [6, 6.07) is -0.706. The van der Waals surface area contributed by atoms with Gasteiger partial charge in [-0.15, -0.1) is 0 Å². The second kappa shape index (κ2) is 7.97. The van der Waals surface area contributed by atoms with E-state index < -0.39 is 30.5 Å². The molecule has 126 valence electrons. The molecule has 1 aromatic heterocycles. The number of aromatic amines is 1. The molecule has 0 spiro atoms. The highest BCUT2D eigenvalue weighted by Crippen LogP contribution is 2.19. The lowest BCUT2D eigenvalue weighted by Gasteiger charge is -2.05. The van der Waals surface area contributed by atoms with Crippen molar-refractivity contribution in [3.63, 3.8) is 0 Å². The first-order valence-electron chi connectivity index (χ1n) is 6.86. The van der Waals surface area contributed by atoms with Crippen molar-refractivity contribution in [1.29, 1.82) is 0 Å². The van der Waals surface area contributed by atoms with Gasteiger partial charge in [-0.2, -0.15) is 0 Å². The van der Waals surface area contributed by atoms with Gasteiger partial charge < -0.3 is 19.8 Å². The minimum absolute atomic E-state index is 0.0540. The zero-order valence-corrected chi connectivity index (χ0v) is 13.4. The molecule has 0 aliphatic rings. The molecule has 0 saturated heterocycles. The maximum Gasteiger partial charge on any atom is 0.355 e. The lowest BCUT2D eigenvalue weighted by molar-refractivity contribution is -0.123. The molecule has 0 unspecified atom stereocenters. The summed E-state index contributed by atoms with van der Waals surface area (Å²) in [5.41, 5.74) is 1.15. The van der Waals surface area contributed by atoms with E-state index in [2.05, 4.69) is 10.3 Å². The summed E-state index contributed by atoms with van der Waals surface area (Å²) in [4.78, 5) is 48.9. The number of urea groups is 1. The molecule has 9 nitrogen and oxygen atoms in total. The highest BCUT2D eigenvalue weighted by molar-refractivity contribution is 6.00. The molecule has 0 saturated carbocycles. The van der Waals surface area contributed by atoms with E-state index in [9.17, 15) is 19.2 Å². The Bertz CT molecular complexity index is 635. The summed E-state index contributed by atoms with van der Waals surface area (Å²) in [6.45, 7) is 4.45. The van der Waals surface area contributed by atoms with Crippen LogP contribution >= 0.6 is 0 Å². The van der Waals surface area contributed by atoms with E-state index in [1.165, 1.54) is 7.05 Å². The third kappa shape index (κ3) is 4.56. The van der Waals surface area contributed by atoms with Crippen LogP contribution in [0.3, 0.4) is 0 Å². The van der Waals surface area contributed by atoms with Crippen LogP contribution in [0.1, 0.15) is 39.0 Å². The van der Waals surface area contributed by atoms with Gasteiger partial charge in [0.2, 0.25) is 0 Å². The average Bonchev–Trinajstić information content (AvgIpc) is 2.79. The van der Waals surface area contributed by atoms with Gasteiger partial charge >= 0.3 is 18.0 Å². The standard InChI is InChI=1S/C14H19N3O6/c1-5-22-12(19)10-7(2)11(16-8(10)3)13(20)23-6-9(18)17-14(21)15-4/h16H,5-6H2,1-4H3,(H2,15,17,18,21). The molecule has 1 aromatic rings. The van der Waals surface area contributed by atoms with Crippen molar-refractivity contribution in [1.82, 2.24) is 15.6 Å². The lowest BCUT2D eigenvalue weighted by Crippen LogP contribution is -2.39. The first kappa shape index (κ1) is 18.2. The number of H-pyrrole nitrogens is 1. The van der Waals surface area contributed by atoms with Crippen molar-refractivity contribution in [2.24, 2.45) is 0 Å². The molecular weight excluding hydrogens is 306 g/mol. The Hall–Kier alpha value is -2.84. The van der Waals surface area contributed by atoms with Crippen LogP contribution in [-0.2, 0) is 14.3 Å². The van der Waals surface area contributed by atoms with Crippen LogP contribution < -0.4 is 10.6 Å². The van der Waals surface area contributed by atoms with Crippen LogP contribution in [0, 0.1) is 13.8 Å². The Labute approximate surface area is 132 Å². The van der Waals surface area contributed by atoms with Crippen LogP contribution in [0.5, 0.6) is 0 Å². The van der Waals surface area contributed by atoms with Gasteiger partial charge in [0, 0.05) is 12.7 Å². The zero-order chi connectivity index (χ0) is 17.6. The van der Waals surface area contributed by atoms with E-state index >= 15 is 0 Å². The van der Waals surface area contributed by atoms with Crippen molar-refractivity contribution >= 4 is 23.9 Å². The van der Waals surface area contributed by atoms with E-state index in [1.807, 2.05) is 5.32 Å². The van der Waals surface area contributed by atoms with Crippen molar-refractivity contribution in [3.8, 4) is 0 Å². The van der Waals surface area contributed by atoms with Crippen molar-refractivity contribution in [3.05, 3.63) is 22.5 Å². The van der Waals surface area contributed by atoms with Crippen molar-refractivity contribution < 1.29 is 28.7 Å². The summed E-state index contributed by atoms with van der Waals surface area (Å²) in [6.07, 6.45) is 0. The summed E-state index contributed by atoms with van der Waals surface area (Å²) < 4.78 is 9.73. The highest BCUT2D eigenvalue weighted by atomic mass is 16.5. The normalized spacial score (nSPS) is 9.91. The maximum absolute atomic E-state index is 12.0. The number of amides is 3.